The van der Waals surface area contributed by atoms with Crippen LogP contribution in [0.4, 0.5) is 11.4 Å². The van der Waals surface area contributed by atoms with E-state index >= 15 is 0 Å². The van der Waals surface area contributed by atoms with Gasteiger partial charge in [0.25, 0.3) is 5.69 Å². The van der Waals surface area contributed by atoms with Crippen molar-refractivity contribution < 1.29 is 9.72 Å². The fraction of sp³-hybridized carbons (Fsp3) is 0.500. The molecule has 0 radical (unpaired) electrons. The summed E-state index contributed by atoms with van der Waals surface area (Å²) in [6, 6.07) is 4.49. The zero-order chi connectivity index (χ0) is 14.0. The first kappa shape index (κ1) is 13.5. The van der Waals surface area contributed by atoms with E-state index in [1.807, 2.05) is 0 Å². The molecule has 1 aromatic rings. The average molecular weight is 262 g/mol. The van der Waals surface area contributed by atoms with Crippen molar-refractivity contribution >= 4 is 17.7 Å². The molecule has 102 valence electrons. The lowest BCUT2D eigenvalue weighted by Gasteiger charge is -2.38. The smallest absolute Gasteiger partial charge is 0.270 e. The zero-order valence-electron chi connectivity index (χ0n) is 11.3. The number of carbonyl (C=O) groups is 1. The van der Waals surface area contributed by atoms with E-state index in [0.29, 0.717) is 17.3 Å². The van der Waals surface area contributed by atoms with E-state index in [9.17, 15) is 14.9 Å². The quantitative estimate of drug-likeness (QED) is 0.477. The first-order chi connectivity index (χ1) is 8.93. The summed E-state index contributed by atoms with van der Waals surface area (Å²) in [5, 5.41) is 10.7. The summed E-state index contributed by atoms with van der Waals surface area (Å²) in [6.45, 7) is 6.24. The second-order valence-corrected chi connectivity index (χ2v) is 5.77. The highest BCUT2D eigenvalue weighted by Gasteiger charge is 2.26. The molecule has 0 N–H and O–H groups in total. The minimum Gasteiger partial charge on any atom is -0.371 e. The van der Waals surface area contributed by atoms with Crippen LogP contribution in [0.1, 0.15) is 37.0 Å². The molecule has 0 bridgehead atoms. The molecule has 2 rings (SSSR count). The maximum absolute atomic E-state index is 11.1. The third kappa shape index (κ3) is 2.92. The van der Waals surface area contributed by atoms with Gasteiger partial charge in [0.05, 0.1) is 4.92 Å². The van der Waals surface area contributed by atoms with Crippen LogP contribution in [0, 0.1) is 15.5 Å². The summed E-state index contributed by atoms with van der Waals surface area (Å²) < 4.78 is 0. The van der Waals surface area contributed by atoms with E-state index in [1.54, 1.807) is 6.07 Å². The lowest BCUT2D eigenvalue weighted by Crippen LogP contribution is -2.37. The van der Waals surface area contributed by atoms with Crippen molar-refractivity contribution in [2.24, 2.45) is 5.41 Å². The molecular weight excluding hydrogens is 244 g/mol. The number of piperidine rings is 1. The van der Waals surface area contributed by atoms with Gasteiger partial charge < -0.3 is 4.90 Å². The van der Waals surface area contributed by atoms with Crippen LogP contribution < -0.4 is 4.90 Å². The van der Waals surface area contributed by atoms with Crippen LogP contribution in [0.2, 0.25) is 0 Å². The van der Waals surface area contributed by atoms with Crippen molar-refractivity contribution in [2.45, 2.75) is 26.7 Å². The Morgan fingerprint density at radius 1 is 1.32 bits per heavy atom. The van der Waals surface area contributed by atoms with E-state index < -0.39 is 4.92 Å². The largest absolute Gasteiger partial charge is 0.371 e. The van der Waals surface area contributed by atoms with Gasteiger partial charge in [-0.15, -0.1) is 0 Å². The maximum Gasteiger partial charge on any atom is 0.270 e. The Labute approximate surface area is 112 Å². The number of hydrogen-bond donors (Lipinski definition) is 0. The highest BCUT2D eigenvalue weighted by Crippen LogP contribution is 2.33. The molecule has 1 aliphatic rings. The topological polar surface area (TPSA) is 63.4 Å². The van der Waals surface area contributed by atoms with Crippen LogP contribution in [0.5, 0.6) is 0 Å². The molecule has 1 heterocycles. The molecule has 0 spiro atoms. The summed E-state index contributed by atoms with van der Waals surface area (Å²) in [6.07, 6.45) is 2.81. The first-order valence-corrected chi connectivity index (χ1v) is 6.41. The lowest BCUT2D eigenvalue weighted by molar-refractivity contribution is -0.384. The summed E-state index contributed by atoms with van der Waals surface area (Å²) in [5.74, 6) is 0. The number of benzene rings is 1. The van der Waals surface area contributed by atoms with Crippen molar-refractivity contribution in [3.05, 3.63) is 33.9 Å². The molecule has 5 nitrogen and oxygen atoms in total. The number of aldehydes is 1. The Morgan fingerprint density at radius 2 is 1.95 bits per heavy atom. The number of nitro benzene ring substituents is 1. The van der Waals surface area contributed by atoms with Crippen LogP contribution in [0.3, 0.4) is 0 Å². The van der Waals surface area contributed by atoms with Crippen molar-refractivity contribution in [3.63, 3.8) is 0 Å². The normalized spacial score (nSPS) is 18.1. The molecular formula is C14H18N2O3. The Kier molecular flexibility index (Phi) is 3.55. The van der Waals surface area contributed by atoms with Gasteiger partial charge in [0, 0.05) is 36.5 Å². The highest BCUT2D eigenvalue weighted by atomic mass is 16.6. The van der Waals surface area contributed by atoms with Crippen LogP contribution in [0.15, 0.2) is 18.2 Å². The number of anilines is 1. The van der Waals surface area contributed by atoms with Gasteiger partial charge in [-0.25, -0.2) is 0 Å². The number of hydrogen-bond acceptors (Lipinski definition) is 4. The van der Waals surface area contributed by atoms with Gasteiger partial charge >= 0.3 is 0 Å². The molecule has 1 aliphatic heterocycles. The summed E-state index contributed by atoms with van der Waals surface area (Å²) in [5.41, 5.74) is 1.49. The molecule has 0 atom stereocenters. The molecule has 0 amide bonds. The molecule has 1 saturated heterocycles. The van der Waals surface area contributed by atoms with Gasteiger partial charge in [-0.2, -0.15) is 0 Å². The molecule has 1 aromatic carbocycles. The first-order valence-electron chi connectivity index (χ1n) is 6.41. The second-order valence-electron chi connectivity index (χ2n) is 5.77. The second kappa shape index (κ2) is 4.99. The molecule has 19 heavy (non-hydrogen) atoms. The van der Waals surface area contributed by atoms with E-state index in [0.717, 1.165) is 31.6 Å². The van der Waals surface area contributed by atoms with Crippen LogP contribution >= 0.6 is 0 Å². The molecule has 0 unspecified atom stereocenters. The predicted octanol–water partition coefficient (Wildman–Crippen LogP) is 3.03. The number of carbonyl (C=O) groups excluding carboxylic acids is 1. The lowest BCUT2D eigenvalue weighted by atomic mass is 9.82. The van der Waals surface area contributed by atoms with Gasteiger partial charge in [0.1, 0.15) is 0 Å². The molecule has 5 heteroatoms. The number of non-ortho nitro benzene ring substituents is 1. The zero-order valence-corrected chi connectivity index (χ0v) is 11.3. The van der Waals surface area contributed by atoms with E-state index in [1.165, 1.54) is 12.1 Å². The minimum atomic E-state index is -0.476. The van der Waals surface area contributed by atoms with Crippen molar-refractivity contribution in [1.82, 2.24) is 0 Å². The number of nitrogens with zero attached hydrogens (tertiary/aromatic N) is 2. The van der Waals surface area contributed by atoms with Gasteiger partial charge in [0.15, 0.2) is 6.29 Å². The average Bonchev–Trinajstić information content (AvgIpc) is 2.38. The van der Waals surface area contributed by atoms with Gasteiger partial charge in [-0.1, -0.05) is 13.8 Å². The standard InChI is InChI=1S/C14H18N2O3/c1-14(2)5-7-15(8-6-14)13-4-3-12(16(18)19)9-11(13)10-17/h3-4,9-10H,5-8H2,1-2H3. The summed E-state index contributed by atoms with van der Waals surface area (Å²) in [4.78, 5) is 23.5. The number of rotatable bonds is 3. The third-order valence-electron chi connectivity index (χ3n) is 3.81. The predicted molar refractivity (Wildman–Crippen MR) is 73.7 cm³/mol. The fourth-order valence-corrected chi connectivity index (χ4v) is 2.39. The van der Waals surface area contributed by atoms with E-state index in [2.05, 4.69) is 18.7 Å². The highest BCUT2D eigenvalue weighted by molar-refractivity contribution is 5.86. The Balaban J connectivity index is 2.25. The Hall–Kier alpha value is -1.91. The van der Waals surface area contributed by atoms with Crippen LogP contribution in [-0.2, 0) is 0 Å². The SMILES string of the molecule is CC1(C)CCN(c2ccc([N+](=O)[O-])cc2C=O)CC1. The van der Waals surface area contributed by atoms with Gasteiger partial charge in [0.2, 0.25) is 0 Å². The molecule has 1 fully saturated rings. The maximum atomic E-state index is 11.1. The van der Waals surface area contributed by atoms with Gasteiger partial charge in [-0.05, 0) is 24.3 Å². The molecule has 0 aromatic heterocycles. The van der Waals surface area contributed by atoms with E-state index in [-0.39, 0.29) is 5.69 Å². The van der Waals surface area contributed by atoms with Gasteiger partial charge in [-0.3, -0.25) is 14.9 Å². The van der Waals surface area contributed by atoms with Crippen molar-refractivity contribution in [2.75, 3.05) is 18.0 Å². The summed E-state index contributed by atoms with van der Waals surface area (Å²) in [7, 11) is 0. The molecule has 0 aliphatic carbocycles. The Bertz CT molecular complexity index is 501. The van der Waals surface area contributed by atoms with Crippen molar-refractivity contribution in [3.8, 4) is 0 Å². The molecule has 0 saturated carbocycles. The third-order valence-corrected chi connectivity index (χ3v) is 3.81. The Morgan fingerprint density at radius 3 is 2.47 bits per heavy atom. The van der Waals surface area contributed by atoms with Crippen LogP contribution in [0.25, 0.3) is 0 Å². The van der Waals surface area contributed by atoms with Crippen molar-refractivity contribution in [1.29, 1.82) is 0 Å². The minimum absolute atomic E-state index is 0.0387. The fourth-order valence-electron chi connectivity index (χ4n) is 2.39. The number of nitro groups is 1. The summed E-state index contributed by atoms with van der Waals surface area (Å²) >= 11 is 0. The van der Waals surface area contributed by atoms with E-state index in [4.69, 9.17) is 0 Å². The monoisotopic (exact) mass is 262 g/mol. The van der Waals surface area contributed by atoms with Crippen LogP contribution in [-0.4, -0.2) is 24.3 Å².